The smallest absolute Gasteiger partial charge is 0.254 e. The van der Waals surface area contributed by atoms with Gasteiger partial charge in [0.05, 0.1) is 4.90 Å². The van der Waals surface area contributed by atoms with Crippen molar-refractivity contribution in [3.63, 3.8) is 0 Å². The Bertz CT molecular complexity index is 660. The normalized spacial score (nSPS) is 23.1. The van der Waals surface area contributed by atoms with Crippen LogP contribution in [0.25, 0.3) is 0 Å². The van der Waals surface area contributed by atoms with Crippen molar-refractivity contribution < 1.29 is 13.2 Å². The standard InChI is InChI=1S/C14H19BrN2O3S/c1-9-3-4-10(2)17(8-9)14(18)11-5-6-12(15)13(7-11)21(16,19)20/h5-7,9-10H,3-4,8H2,1-2H3,(H2,16,19,20). The third-order valence-electron chi connectivity index (χ3n) is 3.86. The monoisotopic (exact) mass is 374 g/mol. The summed E-state index contributed by atoms with van der Waals surface area (Å²) in [6.07, 6.45) is 2.07. The second kappa shape index (κ2) is 6.06. The van der Waals surface area contributed by atoms with Gasteiger partial charge in [-0.25, -0.2) is 13.6 Å². The predicted molar refractivity (Wildman–Crippen MR) is 84.4 cm³/mol. The molecule has 1 fully saturated rings. The Morgan fingerprint density at radius 3 is 2.62 bits per heavy atom. The Balaban J connectivity index is 2.36. The summed E-state index contributed by atoms with van der Waals surface area (Å²) in [5.74, 6) is 0.310. The minimum Gasteiger partial charge on any atom is -0.336 e. The van der Waals surface area contributed by atoms with Gasteiger partial charge in [-0.1, -0.05) is 6.92 Å². The zero-order valence-electron chi connectivity index (χ0n) is 12.0. The van der Waals surface area contributed by atoms with Gasteiger partial charge < -0.3 is 4.90 Å². The van der Waals surface area contributed by atoms with Crippen molar-refractivity contribution in [1.29, 1.82) is 0 Å². The van der Waals surface area contributed by atoms with Crippen molar-refractivity contribution in [3.8, 4) is 0 Å². The molecule has 116 valence electrons. The van der Waals surface area contributed by atoms with Crippen LogP contribution in [-0.2, 0) is 10.0 Å². The topological polar surface area (TPSA) is 80.5 Å². The molecule has 0 aromatic heterocycles. The van der Waals surface area contributed by atoms with Crippen LogP contribution in [0, 0.1) is 5.92 Å². The lowest BCUT2D eigenvalue weighted by molar-refractivity contribution is 0.0574. The summed E-state index contributed by atoms with van der Waals surface area (Å²) in [5.41, 5.74) is 0.350. The molecule has 1 amide bonds. The fourth-order valence-electron chi connectivity index (χ4n) is 2.59. The van der Waals surface area contributed by atoms with Crippen LogP contribution in [0.15, 0.2) is 27.6 Å². The molecular formula is C14H19BrN2O3S. The maximum absolute atomic E-state index is 12.6. The van der Waals surface area contributed by atoms with Crippen LogP contribution in [0.2, 0.25) is 0 Å². The number of primary sulfonamides is 1. The third kappa shape index (κ3) is 3.64. The van der Waals surface area contributed by atoms with E-state index in [4.69, 9.17) is 5.14 Å². The van der Waals surface area contributed by atoms with Gasteiger partial charge in [0, 0.05) is 22.6 Å². The molecule has 21 heavy (non-hydrogen) atoms. The Morgan fingerprint density at radius 2 is 2.00 bits per heavy atom. The SMILES string of the molecule is CC1CCC(C)N(C(=O)c2ccc(Br)c(S(N)(=O)=O)c2)C1. The van der Waals surface area contributed by atoms with Gasteiger partial charge in [0.1, 0.15) is 0 Å². The number of hydrogen-bond acceptors (Lipinski definition) is 3. The van der Waals surface area contributed by atoms with Gasteiger partial charge in [0.25, 0.3) is 5.91 Å². The molecule has 0 spiro atoms. The number of nitrogens with zero attached hydrogens (tertiary/aromatic N) is 1. The molecule has 5 nitrogen and oxygen atoms in total. The number of benzene rings is 1. The molecule has 0 aliphatic carbocycles. The van der Waals surface area contributed by atoms with E-state index in [0.29, 0.717) is 22.5 Å². The third-order valence-corrected chi connectivity index (χ3v) is 5.77. The van der Waals surface area contributed by atoms with Crippen LogP contribution in [0.1, 0.15) is 37.0 Å². The van der Waals surface area contributed by atoms with Crippen molar-refractivity contribution in [2.75, 3.05) is 6.54 Å². The molecule has 0 radical (unpaired) electrons. The summed E-state index contributed by atoms with van der Waals surface area (Å²) in [5, 5.41) is 5.17. The number of halogens is 1. The average molecular weight is 375 g/mol. The van der Waals surface area contributed by atoms with Crippen molar-refractivity contribution in [1.82, 2.24) is 4.90 Å². The Morgan fingerprint density at radius 1 is 1.33 bits per heavy atom. The number of amides is 1. The van der Waals surface area contributed by atoms with E-state index in [2.05, 4.69) is 22.9 Å². The quantitative estimate of drug-likeness (QED) is 0.862. The van der Waals surface area contributed by atoms with Crippen molar-refractivity contribution >= 4 is 31.9 Å². The summed E-state index contributed by atoms with van der Waals surface area (Å²) >= 11 is 3.15. The van der Waals surface area contributed by atoms with E-state index in [-0.39, 0.29) is 16.8 Å². The number of rotatable bonds is 2. The minimum atomic E-state index is -3.86. The van der Waals surface area contributed by atoms with Gasteiger partial charge in [-0.05, 0) is 59.8 Å². The predicted octanol–water partition coefficient (Wildman–Crippen LogP) is 2.36. The molecule has 1 aromatic carbocycles. The van der Waals surface area contributed by atoms with Gasteiger partial charge in [0.15, 0.2) is 0 Å². The highest BCUT2D eigenvalue weighted by Crippen LogP contribution is 2.26. The van der Waals surface area contributed by atoms with Crippen molar-refractivity contribution in [2.24, 2.45) is 11.1 Å². The lowest BCUT2D eigenvalue weighted by Crippen LogP contribution is -2.45. The maximum atomic E-state index is 12.6. The zero-order chi connectivity index (χ0) is 15.8. The van der Waals surface area contributed by atoms with Crippen LogP contribution in [-0.4, -0.2) is 31.8 Å². The first kappa shape index (κ1) is 16.5. The van der Waals surface area contributed by atoms with E-state index < -0.39 is 10.0 Å². The molecule has 1 saturated heterocycles. The molecule has 2 unspecified atom stereocenters. The van der Waals surface area contributed by atoms with Crippen molar-refractivity contribution in [2.45, 2.75) is 37.6 Å². The molecule has 2 rings (SSSR count). The number of piperidine rings is 1. The van der Waals surface area contributed by atoms with Crippen molar-refractivity contribution in [3.05, 3.63) is 28.2 Å². The molecule has 2 atom stereocenters. The van der Waals surface area contributed by atoms with Gasteiger partial charge >= 0.3 is 0 Å². The lowest BCUT2D eigenvalue weighted by atomic mass is 9.94. The molecule has 1 heterocycles. The first-order valence-electron chi connectivity index (χ1n) is 6.83. The molecule has 1 aliphatic rings. The van der Waals surface area contributed by atoms with E-state index in [9.17, 15) is 13.2 Å². The van der Waals surface area contributed by atoms with E-state index in [1.54, 1.807) is 12.1 Å². The first-order chi connectivity index (χ1) is 9.70. The van der Waals surface area contributed by atoms with Crippen LogP contribution >= 0.6 is 15.9 Å². The summed E-state index contributed by atoms with van der Waals surface area (Å²) < 4.78 is 23.5. The number of sulfonamides is 1. The highest BCUT2D eigenvalue weighted by Gasteiger charge is 2.28. The van der Waals surface area contributed by atoms with Gasteiger partial charge in [0.2, 0.25) is 10.0 Å². The molecule has 1 aliphatic heterocycles. The fraction of sp³-hybridized carbons (Fsp3) is 0.500. The highest BCUT2D eigenvalue weighted by molar-refractivity contribution is 9.10. The minimum absolute atomic E-state index is 0.0638. The lowest BCUT2D eigenvalue weighted by Gasteiger charge is -2.37. The Labute approximate surface area is 133 Å². The molecule has 0 bridgehead atoms. The number of nitrogens with two attached hydrogens (primary N) is 1. The molecule has 7 heteroatoms. The number of carbonyl (C=O) groups excluding carboxylic acids is 1. The van der Waals surface area contributed by atoms with Crippen LogP contribution in [0.5, 0.6) is 0 Å². The average Bonchev–Trinajstić information content (AvgIpc) is 2.40. The number of likely N-dealkylation sites (tertiary alicyclic amines) is 1. The summed E-state index contributed by atoms with van der Waals surface area (Å²) in [4.78, 5) is 14.4. The van der Waals surface area contributed by atoms with Gasteiger partial charge in [-0.3, -0.25) is 4.79 Å². The van der Waals surface area contributed by atoms with Crippen LogP contribution in [0.4, 0.5) is 0 Å². The summed E-state index contributed by atoms with van der Waals surface area (Å²) in [7, 11) is -3.86. The van der Waals surface area contributed by atoms with E-state index in [0.717, 1.165) is 12.8 Å². The van der Waals surface area contributed by atoms with Crippen LogP contribution in [0.3, 0.4) is 0 Å². The maximum Gasteiger partial charge on any atom is 0.254 e. The summed E-state index contributed by atoms with van der Waals surface area (Å²) in [6, 6.07) is 4.67. The van der Waals surface area contributed by atoms with E-state index in [1.165, 1.54) is 6.07 Å². The second-order valence-corrected chi connectivity index (χ2v) is 8.06. The molecule has 2 N–H and O–H groups in total. The van der Waals surface area contributed by atoms with Gasteiger partial charge in [-0.15, -0.1) is 0 Å². The Kier molecular flexibility index (Phi) is 4.75. The second-order valence-electron chi connectivity index (χ2n) is 5.68. The van der Waals surface area contributed by atoms with E-state index >= 15 is 0 Å². The molecule has 1 aromatic rings. The molecular weight excluding hydrogens is 356 g/mol. The van der Waals surface area contributed by atoms with Gasteiger partial charge in [-0.2, -0.15) is 0 Å². The van der Waals surface area contributed by atoms with Crippen LogP contribution < -0.4 is 5.14 Å². The number of carbonyl (C=O) groups is 1. The number of hydrogen-bond donors (Lipinski definition) is 1. The highest BCUT2D eigenvalue weighted by atomic mass is 79.9. The molecule has 0 saturated carbocycles. The summed E-state index contributed by atoms with van der Waals surface area (Å²) in [6.45, 7) is 4.83. The Hall–Kier alpha value is -0.920. The zero-order valence-corrected chi connectivity index (χ0v) is 14.4. The van der Waals surface area contributed by atoms with E-state index in [1.807, 2.05) is 11.8 Å². The fourth-order valence-corrected chi connectivity index (χ4v) is 4.15. The first-order valence-corrected chi connectivity index (χ1v) is 9.17. The largest absolute Gasteiger partial charge is 0.336 e.